The maximum absolute atomic E-state index is 13.0. The number of aliphatic hydroxyl groups excluding tert-OH is 1. The van der Waals surface area contributed by atoms with E-state index in [1.165, 1.54) is 25.5 Å². The molecule has 0 aliphatic carbocycles. The van der Waals surface area contributed by atoms with Gasteiger partial charge in [0.2, 0.25) is 20.0 Å². The van der Waals surface area contributed by atoms with Crippen LogP contribution in [0.4, 0.5) is 9.59 Å². The molecule has 2 unspecified atom stereocenters. The number of methoxy groups -OCH3 is 1. The molecule has 0 saturated carbocycles. The van der Waals surface area contributed by atoms with Crippen LogP contribution in [0.1, 0.15) is 65.5 Å². The summed E-state index contributed by atoms with van der Waals surface area (Å²) in [6, 6.07) is 16.7. The van der Waals surface area contributed by atoms with Gasteiger partial charge in [-0.15, -0.1) is 0 Å². The predicted molar refractivity (Wildman–Crippen MR) is 203 cm³/mol. The van der Waals surface area contributed by atoms with Crippen molar-refractivity contribution in [2.24, 2.45) is 0 Å². The van der Waals surface area contributed by atoms with Crippen LogP contribution >= 0.6 is 0 Å². The number of benzene rings is 2. The number of esters is 1. The lowest BCUT2D eigenvalue weighted by molar-refractivity contribution is -0.142. The summed E-state index contributed by atoms with van der Waals surface area (Å²) in [6.07, 6.45) is -0.847. The highest BCUT2D eigenvalue weighted by Gasteiger charge is 2.40. The second-order valence-corrected chi connectivity index (χ2v) is 19.0. The number of hydrogen-bond donors (Lipinski definition) is 1. The molecule has 0 radical (unpaired) electrons. The number of carbonyl (C=O) groups is 3. The minimum Gasteiger partial charge on any atom is -0.469 e. The second-order valence-electron chi connectivity index (χ2n) is 15.2. The van der Waals surface area contributed by atoms with Crippen LogP contribution in [-0.2, 0) is 50.6 Å². The smallest absolute Gasteiger partial charge is 0.410 e. The van der Waals surface area contributed by atoms with E-state index in [4.69, 9.17) is 14.2 Å². The molecule has 15 nitrogen and oxygen atoms in total. The SMILES string of the molecule is CC(C)(C)OC(=O)N1CCN(S(=O)(=O)Cc2ccccc2)C(CCO)C1.COC(=O)CC1CN(C(=O)OC(C)(C)C)CCN1S(=O)(=O)Cc1ccccc1. The van der Waals surface area contributed by atoms with Crippen LogP contribution in [0, 0.1) is 0 Å². The number of piperazine rings is 2. The number of carbonyl (C=O) groups excluding carboxylic acids is 3. The highest BCUT2D eigenvalue weighted by molar-refractivity contribution is 7.88. The summed E-state index contributed by atoms with van der Waals surface area (Å²) in [5.74, 6) is -0.795. The summed E-state index contributed by atoms with van der Waals surface area (Å²) in [5, 5.41) is 9.35. The first-order valence-electron chi connectivity index (χ1n) is 17.8. The minimum absolute atomic E-state index is 0.0675. The van der Waals surface area contributed by atoms with Crippen molar-refractivity contribution < 1.29 is 50.5 Å². The molecule has 2 heterocycles. The molecule has 54 heavy (non-hydrogen) atoms. The van der Waals surface area contributed by atoms with Gasteiger partial charge in [0.05, 0.1) is 31.1 Å². The number of hydrogen-bond acceptors (Lipinski definition) is 11. The Morgan fingerprint density at radius 3 is 1.43 bits per heavy atom. The lowest BCUT2D eigenvalue weighted by Gasteiger charge is -2.40. The zero-order valence-electron chi connectivity index (χ0n) is 32.3. The molecule has 2 aromatic carbocycles. The third kappa shape index (κ3) is 14.1. The molecular formula is C37H56N4O11S2. The Balaban J connectivity index is 0.000000291. The van der Waals surface area contributed by atoms with Crippen LogP contribution in [0.3, 0.4) is 0 Å². The Morgan fingerprint density at radius 2 is 1.06 bits per heavy atom. The summed E-state index contributed by atoms with van der Waals surface area (Å²) >= 11 is 0. The van der Waals surface area contributed by atoms with E-state index >= 15 is 0 Å². The summed E-state index contributed by atoms with van der Waals surface area (Å²) < 4.78 is 69.9. The van der Waals surface area contributed by atoms with E-state index in [9.17, 15) is 36.3 Å². The molecular weight excluding hydrogens is 741 g/mol. The fourth-order valence-corrected chi connectivity index (χ4v) is 9.46. The largest absolute Gasteiger partial charge is 0.469 e. The Bertz CT molecular complexity index is 1750. The highest BCUT2D eigenvalue weighted by Crippen LogP contribution is 2.24. The van der Waals surface area contributed by atoms with Gasteiger partial charge in [-0.25, -0.2) is 26.4 Å². The lowest BCUT2D eigenvalue weighted by atomic mass is 10.1. The van der Waals surface area contributed by atoms with E-state index in [1.54, 1.807) is 90.1 Å². The fraction of sp³-hybridized carbons (Fsp3) is 0.595. The van der Waals surface area contributed by atoms with Gasteiger partial charge in [-0.2, -0.15) is 8.61 Å². The molecule has 2 aliphatic heterocycles. The maximum atomic E-state index is 13.0. The number of nitrogens with zero attached hydrogens (tertiary/aromatic N) is 4. The molecule has 1 N–H and O–H groups in total. The quantitative estimate of drug-likeness (QED) is 0.273. The van der Waals surface area contributed by atoms with E-state index in [0.717, 1.165) is 0 Å². The first-order chi connectivity index (χ1) is 25.1. The molecule has 2 atom stereocenters. The minimum atomic E-state index is -3.68. The fourth-order valence-electron chi connectivity index (χ4n) is 5.96. The van der Waals surface area contributed by atoms with Crippen molar-refractivity contribution in [1.29, 1.82) is 0 Å². The topological polar surface area (TPSA) is 180 Å². The van der Waals surface area contributed by atoms with Crippen molar-refractivity contribution in [3.63, 3.8) is 0 Å². The lowest BCUT2D eigenvalue weighted by Crippen LogP contribution is -2.57. The average Bonchev–Trinajstić information content (AvgIpc) is 3.07. The van der Waals surface area contributed by atoms with Crippen LogP contribution in [0.5, 0.6) is 0 Å². The van der Waals surface area contributed by atoms with Crippen molar-refractivity contribution in [1.82, 2.24) is 18.4 Å². The van der Waals surface area contributed by atoms with Gasteiger partial charge in [-0.05, 0) is 59.1 Å². The summed E-state index contributed by atoms with van der Waals surface area (Å²) in [6.45, 7) is 11.5. The van der Waals surface area contributed by atoms with E-state index < -0.39 is 61.5 Å². The van der Waals surface area contributed by atoms with Crippen molar-refractivity contribution in [2.75, 3.05) is 53.0 Å². The Morgan fingerprint density at radius 1 is 0.667 bits per heavy atom. The van der Waals surface area contributed by atoms with Gasteiger partial charge in [-0.3, -0.25) is 4.79 Å². The molecule has 2 amide bonds. The zero-order chi connectivity index (χ0) is 40.3. The molecule has 2 fully saturated rings. The van der Waals surface area contributed by atoms with E-state index in [1.807, 2.05) is 12.1 Å². The molecule has 2 saturated heterocycles. The molecule has 0 spiro atoms. The molecule has 0 aromatic heterocycles. The predicted octanol–water partition coefficient (Wildman–Crippen LogP) is 3.82. The van der Waals surface area contributed by atoms with Crippen LogP contribution in [0.25, 0.3) is 0 Å². The zero-order valence-corrected chi connectivity index (χ0v) is 34.0. The number of amides is 2. The van der Waals surface area contributed by atoms with Crippen LogP contribution in [0.2, 0.25) is 0 Å². The highest BCUT2D eigenvalue weighted by atomic mass is 32.2. The van der Waals surface area contributed by atoms with Crippen LogP contribution in [-0.4, -0.2) is 135 Å². The van der Waals surface area contributed by atoms with Gasteiger partial charge in [-0.1, -0.05) is 60.7 Å². The van der Waals surface area contributed by atoms with Crippen molar-refractivity contribution >= 4 is 38.2 Å². The van der Waals surface area contributed by atoms with E-state index in [2.05, 4.69) is 0 Å². The third-order valence-electron chi connectivity index (χ3n) is 8.35. The molecule has 4 rings (SSSR count). The number of aliphatic hydroxyl groups is 1. The van der Waals surface area contributed by atoms with Crippen molar-refractivity contribution in [3.8, 4) is 0 Å². The molecule has 17 heteroatoms. The summed E-state index contributed by atoms with van der Waals surface area (Å²) in [5.41, 5.74) is 0.102. The summed E-state index contributed by atoms with van der Waals surface area (Å²) in [4.78, 5) is 39.5. The summed E-state index contributed by atoms with van der Waals surface area (Å²) in [7, 11) is -5.98. The van der Waals surface area contributed by atoms with Gasteiger partial charge < -0.3 is 29.1 Å². The molecule has 302 valence electrons. The number of ether oxygens (including phenoxy) is 3. The van der Waals surface area contributed by atoms with Crippen LogP contribution in [0.15, 0.2) is 60.7 Å². The van der Waals surface area contributed by atoms with Gasteiger partial charge >= 0.3 is 18.2 Å². The van der Waals surface area contributed by atoms with Gasteiger partial charge in [0.15, 0.2) is 0 Å². The number of rotatable bonds is 10. The maximum Gasteiger partial charge on any atom is 0.410 e. The first kappa shape index (κ1) is 44.6. The Hall–Kier alpha value is -3.77. The van der Waals surface area contributed by atoms with Crippen molar-refractivity contribution in [2.45, 2.75) is 89.2 Å². The second kappa shape index (κ2) is 19.2. The molecule has 2 aliphatic rings. The first-order valence-corrected chi connectivity index (χ1v) is 21.1. The average molecular weight is 797 g/mol. The van der Waals surface area contributed by atoms with E-state index in [0.29, 0.717) is 11.1 Å². The Labute approximate surface area is 320 Å². The van der Waals surface area contributed by atoms with E-state index in [-0.39, 0.29) is 70.2 Å². The monoisotopic (exact) mass is 796 g/mol. The molecule has 2 aromatic rings. The normalized spacial score (nSPS) is 19.0. The third-order valence-corrected chi connectivity index (χ3v) is 12.1. The standard InChI is InChI=1S/C19H28N2O6S.C18H28N2O5S/c1-19(2,3)27-18(23)20-10-11-21(16(13-20)12-17(22)26-4)28(24,25)14-15-8-6-5-7-9-15;1-18(2,3)25-17(22)19-10-11-20(16(13-19)9-12-21)26(23,24)14-15-7-5-4-6-8-15/h5-9,16H,10-14H2,1-4H3;4-8,16,21H,9-14H2,1-3H3. The van der Waals surface area contributed by atoms with Crippen molar-refractivity contribution in [3.05, 3.63) is 71.8 Å². The van der Waals surface area contributed by atoms with Gasteiger partial charge in [0, 0.05) is 51.9 Å². The molecule has 0 bridgehead atoms. The Kier molecular flexibility index (Phi) is 15.9. The van der Waals surface area contributed by atoms with Crippen LogP contribution < -0.4 is 0 Å². The van der Waals surface area contributed by atoms with Gasteiger partial charge in [0.1, 0.15) is 11.2 Å². The number of sulfonamides is 2. The van der Waals surface area contributed by atoms with Gasteiger partial charge in [0.25, 0.3) is 0 Å².